The SMILES string of the molecule is c1cc(-c2nccc3[nH]c(-c4n[nH]c5ncc(-c6cncc(OC7CCNCC7)c6)cc45)nc23)ccn1. The van der Waals surface area contributed by atoms with Crippen molar-refractivity contribution < 1.29 is 4.74 Å². The van der Waals surface area contributed by atoms with Crippen LogP contribution in [0.2, 0.25) is 0 Å². The molecule has 1 saturated heterocycles. The Morgan fingerprint density at radius 1 is 0.811 bits per heavy atom. The fourth-order valence-corrected chi connectivity index (χ4v) is 4.76. The molecule has 3 N–H and O–H groups in total. The second-order valence-electron chi connectivity index (χ2n) is 9.05. The van der Waals surface area contributed by atoms with Gasteiger partial charge in [-0.05, 0) is 56.3 Å². The van der Waals surface area contributed by atoms with Gasteiger partial charge in [0, 0.05) is 47.7 Å². The molecule has 37 heavy (non-hydrogen) atoms. The third-order valence-corrected chi connectivity index (χ3v) is 6.63. The quantitative estimate of drug-likeness (QED) is 0.329. The van der Waals surface area contributed by atoms with Gasteiger partial charge in [-0.15, -0.1) is 0 Å². The van der Waals surface area contributed by atoms with E-state index in [-0.39, 0.29) is 6.10 Å². The summed E-state index contributed by atoms with van der Waals surface area (Å²) < 4.78 is 6.20. The van der Waals surface area contributed by atoms with Crippen molar-refractivity contribution in [3.05, 3.63) is 67.5 Å². The average Bonchev–Trinajstić information content (AvgIpc) is 3.58. The minimum absolute atomic E-state index is 0.207. The van der Waals surface area contributed by atoms with Gasteiger partial charge in [-0.2, -0.15) is 5.10 Å². The lowest BCUT2D eigenvalue weighted by molar-refractivity contribution is 0.162. The number of aromatic nitrogens is 8. The maximum atomic E-state index is 6.20. The fraction of sp³-hybridized carbons (Fsp3) is 0.185. The summed E-state index contributed by atoms with van der Waals surface area (Å²) in [4.78, 5) is 26.0. The maximum absolute atomic E-state index is 6.20. The van der Waals surface area contributed by atoms with Crippen LogP contribution < -0.4 is 10.1 Å². The molecule has 0 radical (unpaired) electrons. The van der Waals surface area contributed by atoms with Gasteiger partial charge in [-0.1, -0.05) is 0 Å². The van der Waals surface area contributed by atoms with E-state index in [1.54, 1.807) is 24.8 Å². The Bertz CT molecular complexity index is 1700. The number of fused-ring (bicyclic) bond motifs is 2. The first kappa shape index (κ1) is 21.6. The number of nitrogens with one attached hydrogen (secondary N) is 3. The number of H-pyrrole nitrogens is 2. The predicted molar refractivity (Wildman–Crippen MR) is 140 cm³/mol. The lowest BCUT2D eigenvalue weighted by Gasteiger charge is -2.23. The highest BCUT2D eigenvalue weighted by molar-refractivity contribution is 5.96. The molecule has 0 amide bonds. The predicted octanol–water partition coefficient (Wildman–Crippen LogP) is 4.15. The summed E-state index contributed by atoms with van der Waals surface area (Å²) in [5, 5.41) is 11.8. The summed E-state index contributed by atoms with van der Waals surface area (Å²) in [6, 6.07) is 9.84. The molecular formula is C27H23N9O. The van der Waals surface area contributed by atoms with Gasteiger partial charge in [0.1, 0.15) is 23.1 Å². The van der Waals surface area contributed by atoms with E-state index in [4.69, 9.17) is 9.72 Å². The maximum Gasteiger partial charge on any atom is 0.159 e. The smallest absolute Gasteiger partial charge is 0.159 e. The van der Waals surface area contributed by atoms with Gasteiger partial charge in [0.05, 0.1) is 22.8 Å². The zero-order valence-electron chi connectivity index (χ0n) is 19.8. The van der Waals surface area contributed by atoms with Crippen molar-refractivity contribution in [3.8, 4) is 39.7 Å². The van der Waals surface area contributed by atoms with Crippen LogP contribution in [0.15, 0.2) is 67.5 Å². The van der Waals surface area contributed by atoms with Gasteiger partial charge in [-0.25, -0.2) is 9.97 Å². The molecule has 0 spiro atoms. The fourth-order valence-electron chi connectivity index (χ4n) is 4.76. The summed E-state index contributed by atoms with van der Waals surface area (Å²) in [6.07, 6.45) is 12.9. The topological polar surface area (TPSA) is 130 Å². The lowest BCUT2D eigenvalue weighted by atomic mass is 10.1. The first-order valence-electron chi connectivity index (χ1n) is 12.2. The van der Waals surface area contributed by atoms with E-state index in [2.05, 4.69) is 46.5 Å². The van der Waals surface area contributed by atoms with Gasteiger partial charge < -0.3 is 15.0 Å². The highest BCUT2D eigenvalue weighted by atomic mass is 16.5. The Labute approximate surface area is 211 Å². The molecule has 0 unspecified atom stereocenters. The zero-order chi connectivity index (χ0) is 24.6. The Hall–Kier alpha value is -4.70. The Kier molecular flexibility index (Phi) is 5.29. The van der Waals surface area contributed by atoms with Crippen LogP contribution in [0.25, 0.3) is 56.0 Å². The average molecular weight is 490 g/mol. The molecule has 7 heterocycles. The first-order valence-corrected chi connectivity index (χ1v) is 12.2. The van der Waals surface area contributed by atoms with Crippen LogP contribution in [0.3, 0.4) is 0 Å². The number of nitrogens with zero attached hydrogens (tertiary/aromatic N) is 6. The van der Waals surface area contributed by atoms with Crippen LogP contribution in [-0.2, 0) is 0 Å². The highest BCUT2D eigenvalue weighted by Crippen LogP contribution is 2.32. The summed E-state index contributed by atoms with van der Waals surface area (Å²) >= 11 is 0. The van der Waals surface area contributed by atoms with E-state index < -0.39 is 0 Å². The molecule has 1 aliphatic heterocycles. The van der Waals surface area contributed by atoms with E-state index in [1.165, 1.54) is 0 Å². The second-order valence-corrected chi connectivity index (χ2v) is 9.05. The molecule has 7 rings (SSSR count). The van der Waals surface area contributed by atoms with Crippen molar-refractivity contribution in [3.63, 3.8) is 0 Å². The lowest BCUT2D eigenvalue weighted by Crippen LogP contribution is -2.34. The van der Waals surface area contributed by atoms with Crippen LogP contribution in [0.1, 0.15) is 12.8 Å². The number of pyridine rings is 4. The summed E-state index contributed by atoms with van der Waals surface area (Å²) in [5.74, 6) is 1.41. The first-order chi connectivity index (χ1) is 18.3. The summed E-state index contributed by atoms with van der Waals surface area (Å²) in [7, 11) is 0. The van der Waals surface area contributed by atoms with Gasteiger partial charge in [0.15, 0.2) is 11.5 Å². The molecule has 0 bridgehead atoms. The van der Waals surface area contributed by atoms with Gasteiger partial charge in [-0.3, -0.25) is 20.1 Å². The highest BCUT2D eigenvalue weighted by Gasteiger charge is 2.18. The largest absolute Gasteiger partial charge is 0.489 e. The van der Waals surface area contributed by atoms with Crippen molar-refractivity contribution in [2.75, 3.05) is 13.1 Å². The number of hydrogen-bond donors (Lipinski definition) is 3. The van der Waals surface area contributed by atoms with Crippen LogP contribution in [-0.4, -0.2) is 59.3 Å². The Morgan fingerprint density at radius 2 is 1.68 bits per heavy atom. The number of hydrogen-bond acceptors (Lipinski definition) is 8. The third-order valence-electron chi connectivity index (χ3n) is 6.63. The van der Waals surface area contributed by atoms with E-state index >= 15 is 0 Å². The van der Waals surface area contributed by atoms with Gasteiger partial charge >= 0.3 is 0 Å². The molecule has 1 fully saturated rings. The Balaban J connectivity index is 1.26. The summed E-state index contributed by atoms with van der Waals surface area (Å²) in [5.41, 5.74) is 6.62. The number of aromatic amines is 2. The van der Waals surface area contributed by atoms with Crippen LogP contribution in [0.4, 0.5) is 0 Å². The standard InChI is InChI=1S/C27H23N9O/c1-6-28-7-2-16(1)23-25-22(5-10-31-23)33-27(34-25)24-21-12-18(14-32-26(21)36-35-24)17-11-20(15-30-13-17)37-19-3-8-29-9-4-19/h1-2,5-7,10-15,19,29H,3-4,8-9H2,(H,33,34)(H,32,35,36). The molecule has 6 aromatic rings. The van der Waals surface area contributed by atoms with Crippen molar-refractivity contribution in [2.24, 2.45) is 0 Å². The molecule has 10 heteroatoms. The van der Waals surface area contributed by atoms with Crippen molar-refractivity contribution in [1.29, 1.82) is 0 Å². The number of imidazole rings is 1. The molecule has 0 saturated carbocycles. The molecule has 6 aromatic heterocycles. The molecule has 1 aliphatic rings. The number of ether oxygens (including phenoxy) is 1. The van der Waals surface area contributed by atoms with Gasteiger partial charge in [0.25, 0.3) is 0 Å². The van der Waals surface area contributed by atoms with Crippen LogP contribution >= 0.6 is 0 Å². The minimum Gasteiger partial charge on any atom is -0.489 e. The monoisotopic (exact) mass is 489 g/mol. The molecular weight excluding hydrogens is 466 g/mol. The van der Waals surface area contributed by atoms with E-state index in [0.717, 1.165) is 70.5 Å². The van der Waals surface area contributed by atoms with Gasteiger partial charge in [0.2, 0.25) is 0 Å². The third kappa shape index (κ3) is 4.07. The number of rotatable bonds is 5. The van der Waals surface area contributed by atoms with Crippen molar-refractivity contribution in [2.45, 2.75) is 18.9 Å². The van der Waals surface area contributed by atoms with Crippen LogP contribution in [0, 0.1) is 0 Å². The number of piperidine rings is 1. The minimum atomic E-state index is 0.207. The van der Waals surface area contributed by atoms with Crippen molar-refractivity contribution >= 4 is 22.1 Å². The van der Waals surface area contributed by atoms with E-state index in [9.17, 15) is 0 Å². The zero-order valence-corrected chi connectivity index (χ0v) is 19.8. The van der Waals surface area contributed by atoms with Crippen molar-refractivity contribution in [1.82, 2.24) is 45.4 Å². The second kappa shape index (κ2) is 9.07. The normalized spacial score (nSPS) is 14.4. The molecule has 10 nitrogen and oxygen atoms in total. The molecule has 0 atom stereocenters. The molecule has 0 aliphatic carbocycles. The van der Waals surface area contributed by atoms with Crippen LogP contribution in [0.5, 0.6) is 5.75 Å². The van der Waals surface area contributed by atoms with E-state index in [1.807, 2.05) is 36.7 Å². The summed E-state index contributed by atoms with van der Waals surface area (Å²) in [6.45, 7) is 1.95. The molecule has 0 aromatic carbocycles. The molecule has 182 valence electrons. The Morgan fingerprint density at radius 3 is 2.57 bits per heavy atom. The van der Waals surface area contributed by atoms with E-state index in [0.29, 0.717) is 17.2 Å².